The summed E-state index contributed by atoms with van der Waals surface area (Å²) in [5.74, 6) is 1.84. The minimum atomic E-state index is -0.696. The third-order valence-corrected chi connectivity index (χ3v) is 6.32. The Bertz CT molecular complexity index is 1150. The highest BCUT2D eigenvalue weighted by Gasteiger charge is 2.34. The number of Topliss-reactive ketones (excluding diaryl/α,β-unsaturated/α-hetero) is 1. The molecule has 9 nitrogen and oxygen atoms in total. The van der Waals surface area contributed by atoms with Gasteiger partial charge in [-0.05, 0) is 38.1 Å². The summed E-state index contributed by atoms with van der Waals surface area (Å²) >= 11 is 0. The number of para-hydroxylation sites is 2. The molecule has 0 radical (unpaired) electrons. The van der Waals surface area contributed by atoms with Crippen molar-refractivity contribution in [2.45, 2.75) is 32.0 Å². The molecule has 184 valence electrons. The Balaban J connectivity index is 1.11. The zero-order chi connectivity index (χ0) is 24.6. The van der Waals surface area contributed by atoms with Crippen LogP contribution in [0.2, 0.25) is 0 Å². The van der Waals surface area contributed by atoms with Crippen molar-refractivity contribution >= 4 is 17.6 Å². The summed E-state index contributed by atoms with van der Waals surface area (Å²) in [7, 11) is 0. The Morgan fingerprint density at radius 2 is 1.71 bits per heavy atom. The molecule has 1 unspecified atom stereocenters. The van der Waals surface area contributed by atoms with Crippen LogP contribution in [0.5, 0.6) is 23.0 Å². The first-order chi connectivity index (χ1) is 16.8. The molecular weight excluding hydrogens is 452 g/mol. The van der Waals surface area contributed by atoms with Gasteiger partial charge in [0, 0.05) is 32.2 Å². The molecule has 0 saturated carbocycles. The first kappa shape index (κ1) is 23.0. The smallest absolute Gasteiger partial charge is 0.267 e. The van der Waals surface area contributed by atoms with E-state index in [-0.39, 0.29) is 30.8 Å². The van der Waals surface area contributed by atoms with Gasteiger partial charge >= 0.3 is 0 Å². The third kappa shape index (κ3) is 4.89. The fraction of sp³-hybridized carbons (Fsp3) is 0.423. The van der Waals surface area contributed by atoms with Crippen molar-refractivity contribution in [1.82, 2.24) is 9.80 Å². The van der Waals surface area contributed by atoms with Crippen LogP contribution in [0.15, 0.2) is 42.5 Å². The molecule has 3 aliphatic heterocycles. The van der Waals surface area contributed by atoms with Crippen LogP contribution in [0.1, 0.15) is 30.6 Å². The highest BCUT2D eigenvalue weighted by molar-refractivity contribution is 6.00. The Morgan fingerprint density at radius 1 is 1.00 bits per heavy atom. The van der Waals surface area contributed by atoms with Crippen LogP contribution in [0.25, 0.3) is 0 Å². The van der Waals surface area contributed by atoms with Gasteiger partial charge in [-0.25, -0.2) is 0 Å². The summed E-state index contributed by atoms with van der Waals surface area (Å²) in [5, 5.41) is 0. The summed E-state index contributed by atoms with van der Waals surface area (Å²) in [6.07, 6.45) is -0.376. The molecule has 0 spiro atoms. The fourth-order valence-electron chi connectivity index (χ4n) is 4.48. The van der Waals surface area contributed by atoms with E-state index in [0.29, 0.717) is 61.2 Å². The first-order valence-electron chi connectivity index (χ1n) is 11.7. The lowest BCUT2D eigenvalue weighted by atomic mass is 9.93. The van der Waals surface area contributed by atoms with Gasteiger partial charge in [-0.2, -0.15) is 0 Å². The molecule has 3 heterocycles. The second-order valence-corrected chi connectivity index (χ2v) is 9.48. The molecule has 0 bridgehead atoms. The molecule has 0 N–H and O–H groups in total. The minimum absolute atomic E-state index is 0.0284. The average Bonchev–Trinajstić information content (AvgIpc) is 2.85. The van der Waals surface area contributed by atoms with E-state index < -0.39 is 11.7 Å². The van der Waals surface area contributed by atoms with E-state index in [0.717, 1.165) is 0 Å². The largest absolute Gasteiger partial charge is 0.486 e. The number of carbonyl (C=O) groups excluding carboxylic acids is 3. The summed E-state index contributed by atoms with van der Waals surface area (Å²) in [6, 6.07) is 12.3. The fourth-order valence-corrected chi connectivity index (χ4v) is 4.48. The molecule has 5 rings (SSSR count). The second kappa shape index (κ2) is 9.13. The van der Waals surface area contributed by atoms with Gasteiger partial charge < -0.3 is 28.7 Å². The molecule has 2 aromatic rings. The second-order valence-electron chi connectivity index (χ2n) is 9.48. The Hall–Kier alpha value is -3.75. The molecule has 2 amide bonds. The van der Waals surface area contributed by atoms with Crippen LogP contribution >= 0.6 is 0 Å². The maximum Gasteiger partial charge on any atom is 0.267 e. The van der Waals surface area contributed by atoms with Crippen molar-refractivity contribution in [2.24, 2.45) is 0 Å². The number of hydrogen-bond acceptors (Lipinski definition) is 7. The topological polar surface area (TPSA) is 94.6 Å². The van der Waals surface area contributed by atoms with E-state index in [2.05, 4.69) is 0 Å². The van der Waals surface area contributed by atoms with Crippen LogP contribution in [0.3, 0.4) is 0 Å². The zero-order valence-electron chi connectivity index (χ0n) is 19.8. The van der Waals surface area contributed by atoms with Gasteiger partial charge in [-0.3, -0.25) is 14.4 Å². The van der Waals surface area contributed by atoms with Crippen LogP contribution in [-0.4, -0.2) is 78.5 Å². The lowest BCUT2D eigenvalue weighted by Crippen LogP contribution is -2.55. The Morgan fingerprint density at radius 3 is 2.49 bits per heavy atom. The van der Waals surface area contributed by atoms with Crippen LogP contribution < -0.4 is 18.9 Å². The number of hydrogen-bond donors (Lipinski definition) is 0. The van der Waals surface area contributed by atoms with E-state index in [1.807, 2.05) is 26.0 Å². The number of ether oxygens (including phenoxy) is 4. The predicted molar refractivity (Wildman–Crippen MR) is 125 cm³/mol. The standard InChI is InChI=1S/C26H28N2O7/c1-26(2)14-19(29)18-8-7-17(13-22(18)35-26)32-16-24(30)27-9-11-28(12-10-27)25(31)23-15-33-20-5-3-4-6-21(20)34-23/h3-8,13,23H,9-12,14-16H2,1-2H3. The van der Waals surface area contributed by atoms with Gasteiger partial charge in [0.1, 0.15) is 23.7 Å². The van der Waals surface area contributed by atoms with Crippen LogP contribution in [0, 0.1) is 0 Å². The maximum atomic E-state index is 12.9. The number of carbonyl (C=O) groups is 3. The zero-order valence-corrected chi connectivity index (χ0v) is 19.8. The predicted octanol–water partition coefficient (Wildman–Crippen LogP) is 2.32. The molecule has 35 heavy (non-hydrogen) atoms. The van der Waals surface area contributed by atoms with Gasteiger partial charge in [-0.15, -0.1) is 0 Å². The number of ketones is 1. The van der Waals surface area contributed by atoms with Crippen molar-refractivity contribution in [2.75, 3.05) is 39.4 Å². The summed E-state index contributed by atoms with van der Waals surface area (Å²) < 4.78 is 23.1. The SMILES string of the molecule is CC1(C)CC(=O)c2ccc(OCC(=O)N3CCN(C(=O)C4COc5ccccc5O4)CC3)cc2O1. The quantitative estimate of drug-likeness (QED) is 0.663. The van der Waals surface area contributed by atoms with Gasteiger partial charge in [0.2, 0.25) is 6.10 Å². The molecule has 2 aromatic carbocycles. The Labute approximate surface area is 203 Å². The van der Waals surface area contributed by atoms with Gasteiger partial charge in [-0.1, -0.05) is 12.1 Å². The van der Waals surface area contributed by atoms with E-state index in [9.17, 15) is 14.4 Å². The lowest BCUT2D eigenvalue weighted by Gasteiger charge is -2.37. The van der Waals surface area contributed by atoms with Gasteiger partial charge in [0.05, 0.1) is 12.0 Å². The van der Waals surface area contributed by atoms with E-state index >= 15 is 0 Å². The monoisotopic (exact) mass is 480 g/mol. The molecule has 0 aromatic heterocycles. The molecule has 9 heteroatoms. The van der Waals surface area contributed by atoms with Gasteiger partial charge in [0.15, 0.2) is 23.9 Å². The third-order valence-electron chi connectivity index (χ3n) is 6.32. The van der Waals surface area contributed by atoms with Crippen molar-refractivity contribution in [3.8, 4) is 23.0 Å². The Kier molecular flexibility index (Phi) is 6.00. The lowest BCUT2D eigenvalue weighted by molar-refractivity contribution is -0.146. The van der Waals surface area contributed by atoms with Crippen LogP contribution in [-0.2, 0) is 9.59 Å². The van der Waals surface area contributed by atoms with Crippen LogP contribution in [0.4, 0.5) is 0 Å². The molecule has 1 atom stereocenters. The normalized spacial score (nSPS) is 20.5. The maximum absolute atomic E-state index is 12.9. The van der Waals surface area contributed by atoms with Crippen molar-refractivity contribution in [3.05, 3.63) is 48.0 Å². The highest BCUT2D eigenvalue weighted by atomic mass is 16.6. The molecule has 0 aliphatic carbocycles. The number of rotatable bonds is 4. The van der Waals surface area contributed by atoms with E-state index in [1.54, 1.807) is 40.1 Å². The van der Waals surface area contributed by atoms with Crippen molar-refractivity contribution < 1.29 is 33.3 Å². The number of amides is 2. The van der Waals surface area contributed by atoms with Crippen molar-refractivity contribution in [1.29, 1.82) is 0 Å². The first-order valence-corrected chi connectivity index (χ1v) is 11.7. The number of fused-ring (bicyclic) bond motifs is 2. The average molecular weight is 481 g/mol. The molecular formula is C26H28N2O7. The number of piperazine rings is 1. The molecule has 1 saturated heterocycles. The van der Waals surface area contributed by atoms with E-state index in [1.165, 1.54) is 0 Å². The van der Waals surface area contributed by atoms with Gasteiger partial charge in [0.25, 0.3) is 11.8 Å². The highest BCUT2D eigenvalue weighted by Crippen LogP contribution is 2.35. The molecule has 3 aliphatic rings. The van der Waals surface area contributed by atoms with E-state index in [4.69, 9.17) is 18.9 Å². The number of benzene rings is 2. The summed E-state index contributed by atoms with van der Waals surface area (Å²) in [5.41, 5.74) is -0.0482. The van der Waals surface area contributed by atoms with Crippen molar-refractivity contribution in [3.63, 3.8) is 0 Å². The molecule has 1 fully saturated rings. The number of nitrogens with zero attached hydrogens (tertiary/aromatic N) is 2. The summed E-state index contributed by atoms with van der Waals surface area (Å²) in [4.78, 5) is 41.3. The minimum Gasteiger partial charge on any atom is -0.486 e. The summed E-state index contributed by atoms with van der Waals surface area (Å²) in [6.45, 7) is 5.40.